The van der Waals surface area contributed by atoms with Gasteiger partial charge >= 0.3 is 0 Å². The third-order valence-electron chi connectivity index (χ3n) is 5.05. The van der Waals surface area contributed by atoms with Gasteiger partial charge in [-0.05, 0) is 54.5 Å². The highest BCUT2D eigenvalue weighted by Crippen LogP contribution is 2.25. The number of hydrogen-bond donors (Lipinski definition) is 1. The smallest absolute Gasteiger partial charge is 0.258 e. The van der Waals surface area contributed by atoms with Crippen LogP contribution in [0.2, 0.25) is 0 Å². The fourth-order valence-corrected chi connectivity index (χ4v) is 3.46. The van der Waals surface area contributed by atoms with Crippen molar-refractivity contribution in [2.75, 3.05) is 24.6 Å². The number of ether oxygens (including phenoxy) is 1. The first-order valence-corrected chi connectivity index (χ1v) is 9.96. The Labute approximate surface area is 162 Å². The predicted octanol–water partition coefficient (Wildman–Crippen LogP) is 4.50. The molecule has 2 aromatic carbocycles. The maximum absolute atomic E-state index is 12.1. The van der Waals surface area contributed by atoms with E-state index in [2.05, 4.69) is 48.3 Å². The highest BCUT2D eigenvalue weighted by Gasteiger charge is 2.11. The van der Waals surface area contributed by atoms with Crippen LogP contribution in [0.4, 0.5) is 5.69 Å². The third-order valence-corrected chi connectivity index (χ3v) is 5.05. The van der Waals surface area contributed by atoms with E-state index in [0.29, 0.717) is 12.5 Å². The number of amides is 1. The molecule has 1 amide bonds. The Morgan fingerprint density at radius 3 is 2.44 bits per heavy atom. The van der Waals surface area contributed by atoms with Crippen molar-refractivity contribution in [3.8, 4) is 5.75 Å². The van der Waals surface area contributed by atoms with Gasteiger partial charge in [0.1, 0.15) is 5.75 Å². The maximum Gasteiger partial charge on any atom is 0.258 e. The Morgan fingerprint density at radius 1 is 1.04 bits per heavy atom. The molecule has 0 saturated carbocycles. The highest BCUT2D eigenvalue weighted by molar-refractivity contribution is 5.77. The van der Waals surface area contributed by atoms with Crippen LogP contribution in [-0.2, 0) is 11.3 Å². The van der Waals surface area contributed by atoms with E-state index in [1.165, 1.54) is 24.9 Å². The summed E-state index contributed by atoms with van der Waals surface area (Å²) in [5.41, 5.74) is 3.50. The number of anilines is 1. The molecule has 1 saturated heterocycles. The van der Waals surface area contributed by atoms with Gasteiger partial charge in [0.15, 0.2) is 6.61 Å². The van der Waals surface area contributed by atoms with Crippen molar-refractivity contribution in [3.63, 3.8) is 0 Å². The molecule has 4 nitrogen and oxygen atoms in total. The number of rotatable bonds is 7. The van der Waals surface area contributed by atoms with Gasteiger partial charge in [-0.2, -0.15) is 0 Å². The van der Waals surface area contributed by atoms with Crippen molar-refractivity contribution in [2.45, 2.75) is 45.6 Å². The van der Waals surface area contributed by atoms with E-state index in [9.17, 15) is 4.79 Å². The summed E-state index contributed by atoms with van der Waals surface area (Å²) in [6.07, 6.45) is 3.89. The molecular formula is C23H30N2O2. The van der Waals surface area contributed by atoms with Gasteiger partial charge in [-0.15, -0.1) is 0 Å². The van der Waals surface area contributed by atoms with Gasteiger partial charge in [-0.25, -0.2) is 0 Å². The van der Waals surface area contributed by atoms with Gasteiger partial charge in [-0.3, -0.25) is 4.79 Å². The molecule has 1 N–H and O–H groups in total. The number of benzene rings is 2. The maximum atomic E-state index is 12.1. The molecule has 2 aromatic rings. The average Bonchev–Trinajstić information content (AvgIpc) is 2.72. The SMILES string of the molecule is CC(C)c1ccccc1OCC(=O)NCc1ccc(N2CCCCC2)cc1. The van der Waals surface area contributed by atoms with Crippen molar-refractivity contribution in [1.29, 1.82) is 0 Å². The first kappa shape index (κ1) is 19.3. The molecule has 0 aromatic heterocycles. The van der Waals surface area contributed by atoms with E-state index in [1.807, 2.05) is 24.3 Å². The fraction of sp³-hybridized carbons (Fsp3) is 0.435. The molecule has 1 aliphatic rings. The molecule has 0 atom stereocenters. The van der Waals surface area contributed by atoms with Crippen molar-refractivity contribution in [1.82, 2.24) is 5.32 Å². The van der Waals surface area contributed by atoms with Crippen LogP contribution in [0.1, 0.15) is 50.2 Å². The molecule has 4 heteroatoms. The molecule has 0 bridgehead atoms. The zero-order valence-corrected chi connectivity index (χ0v) is 16.4. The van der Waals surface area contributed by atoms with Gasteiger partial charge in [0, 0.05) is 25.3 Å². The summed E-state index contributed by atoms with van der Waals surface area (Å²) in [5.74, 6) is 1.05. The lowest BCUT2D eigenvalue weighted by atomic mass is 10.0. The van der Waals surface area contributed by atoms with Crippen LogP contribution in [0.5, 0.6) is 5.75 Å². The van der Waals surface area contributed by atoms with Crippen LogP contribution in [-0.4, -0.2) is 25.6 Å². The number of piperidine rings is 1. The highest BCUT2D eigenvalue weighted by atomic mass is 16.5. The average molecular weight is 367 g/mol. The van der Waals surface area contributed by atoms with Crippen molar-refractivity contribution < 1.29 is 9.53 Å². The van der Waals surface area contributed by atoms with Crippen LogP contribution in [0, 0.1) is 0 Å². The standard InChI is InChI=1S/C23H30N2O2/c1-18(2)21-8-4-5-9-22(21)27-17-23(26)24-16-19-10-12-20(13-11-19)25-14-6-3-7-15-25/h4-5,8-13,18H,3,6-7,14-17H2,1-2H3,(H,24,26). The summed E-state index contributed by atoms with van der Waals surface area (Å²) in [5, 5.41) is 2.94. The van der Waals surface area contributed by atoms with Gasteiger partial charge in [0.05, 0.1) is 0 Å². The summed E-state index contributed by atoms with van der Waals surface area (Å²) in [6.45, 7) is 7.09. The minimum Gasteiger partial charge on any atom is -0.483 e. The Bertz CT molecular complexity index is 734. The molecule has 0 spiro atoms. The molecule has 0 aliphatic carbocycles. The summed E-state index contributed by atoms with van der Waals surface area (Å²) < 4.78 is 5.73. The second-order valence-corrected chi connectivity index (χ2v) is 7.47. The molecule has 0 unspecified atom stereocenters. The first-order chi connectivity index (χ1) is 13.1. The quantitative estimate of drug-likeness (QED) is 0.785. The topological polar surface area (TPSA) is 41.6 Å². The minimum atomic E-state index is -0.103. The van der Waals surface area contributed by atoms with Crippen LogP contribution in [0.15, 0.2) is 48.5 Å². The lowest BCUT2D eigenvalue weighted by Gasteiger charge is -2.28. The van der Waals surface area contributed by atoms with Crippen LogP contribution >= 0.6 is 0 Å². The summed E-state index contributed by atoms with van der Waals surface area (Å²) in [4.78, 5) is 14.6. The van der Waals surface area contributed by atoms with Crippen LogP contribution in [0.25, 0.3) is 0 Å². The Hall–Kier alpha value is -2.49. The monoisotopic (exact) mass is 366 g/mol. The van der Waals surface area contributed by atoms with Gasteiger partial charge in [-0.1, -0.05) is 44.2 Å². The van der Waals surface area contributed by atoms with Gasteiger partial charge in [0.2, 0.25) is 0 Å². The van der Waals surface area contributed by atoms with E-state index in [-0.39, 0.29) is 12.5 Å². The van der Waals surface area contributed by atoms with Crippen molar-refractivity contribution in [3.05, 3.63) is 59.7 Å². The summed E-state index contributed by atoms with van der Waals surface area (Å²) in [6, 6.07) is 16.4. The van der Waals surface area contributed by atoms with Gasteiger partial charge < -0.3 is 15.0 Å². The summed E-state index contributed by atoms with van der Waals surface area (Å²) >= 11 is 0. The van der Waals surface area contributed by atoms with E-state index in [0.717, 1.165) is 30.0 Å². The molecular weight excluding hydrogens is 336 g/mol. The second kappa shape index (κ2) is 9.45. The second-order valence-electron chi connectivity index (χ2n) is 7.47. The van der Waals surface area contributed by atoms with E-state index in [4.69, 9.17) is 4.74 Å². The molecule has 3 rings (SSSR count). The zero-order chi connectivity index (χ0) is 19.1. The lowest BCUT2D eigenvalue weighted by Crippen LogP contribution is -2.29. The molecule has 27 heavy (non-hydrogen) atoms. The molecule has 144 valence electrons. The number of para-hydroxylation sites is 1. The first-order valence-electron chi connectivity index (χ1n) is 9.96. The largest absolute Gasteiger partial charge is 0.483 e. The predicted molar refractivity (Wildman–Crippen MR) is 110 cm³/mol. The summed E-state index contributed by atoms with van der Waals surface area (Å²) in [7, 11) is 0. The van der Waals surface area contributed by atoms with Gasteiger partial charge in [0.25, 0.3) is 5.91 Å². The third kappa shape index (κ3) is 5.49. The lowest BCUT2D eigenvalue weighted by molar-refractivity contribution is -0.123. The minimum absolute atomic E-state index is 0.0373. The van der Waals surface area contributed by atoms with Crippen molar-refractivity contribution >= 4 is 11.6 Å². The Morgan fingerprint density at radius 2 is 1.74 bits per heavy atom. The number of nitrogens with one attached hydrogen (secondary N) is 1. The van der Waals surface area contributed by atoms with E-state index < -0.39 is 0 Å². The van der Waals surface area contributed by atoms with Crippen LogP contribution in [0.3, 0.4) is 0 Å². The van der Waals surface area contributed by atoms with E-state index >= 15 is 0 Å². The molecule has 1 heterocycles. The zero-order valence-electron chi connectivity index (χ0n) is 16.4. The Balaban J connectivity index is 1.46. The fourth-order valence-electron chi connectivity index (χ4n) is 3.46. The molecule has 1 fully saturated rings. The number of hydrogen-bond acceptors (Lipinski definition) is 3. The number of carbonyl (C=O) groups is 1. The Kier molecular flexibility index (Phi) is 6.74. The van der Waals surface area contributed by atoms with E-state index in [1.54, 1.807) is 0 Å². The van der Waals surface area contributed by atoms with Crippen LogP contribution < -0.4 is 15.0 Å². The normalized spacial score (nSPS) is 14.3. The molecule has 0 radical (unpaired) electrons. The number of carbonyl (C=O) groups excluding carboxylic acids is 1. The number of nitrogens with zero attached hydrogens (tertiary/aromatic N) is 1. The van der Waals surface area contributed by atoms with Crippen molar-refractivity contribution in [2.24, 2.45) is 0 Å². The molecule has 1 aliphatic heterocycles.